The average Bonchev–Trinajstić information content (AvgIpc) is 2.18. The summed E-state index contributed by atoms with van der Waals surface area (Å²) in [5, 5.41) is 4.94. The Kier molecular flexibility index (Phi) is 5.31. The van der Waals surface area contributed by atoms with E-state index in [0.29, 0.717) is 17.9 Å². The molecule has 6 heteroatoms. The van der Waals surface area contributed by atoms with Gasteiger partial charge in [-0.2, -0.15) is 0 Å². The van der Waals surface area contributed by atoms with Crippen LogP contribution in [-0.4, -0.2) is 13.2 Å². The summed E-state index contributed by atoms with van der Waals surface area (Å²) in [5.74, 6) is -0.0177. The Balaban J connectivity index is 2.87. The molecule has 0 aliphatic carbocycles. The molecule has 0 saturated carbocycles. The van der Waals surface area contributed by atoms with Crippen molar-refractivity contribution in [2.45, 2.75) is 36.4 Å². The van der Waals surface area contributed by atoms with Crippen LogP contribution in [0.4, 0.5) is 4.39 Å². The van der Waals surface area contributed by atoms with Crippen molar-refractivity contribution in [3.8, 4) is 0 Å². The second-order valence-electron chi connectivity index (χ2n) is 4.73. The second kappa shape index (κ2) is 6.12. The summed E-state index contributed by atoms with van der Waals surface area (Å²) in [4.78, 5) is -0.0222. The van der Waals surface area contributed by atoms with Crippen LogP contribution in [0.1, 0.15) is 25.8 Å². The van der Waals surface area contributed by atoms with Gasteiger partial charge in [0, 0.05) is 4.83 Å². The molecule has 2 N–H and O–H groups in total. The normalized spacial score (nSPS) is 13.9. The number of nitrogens with two attached hydrogens (primary N) is 1. The molecule has 102 valence electrons. The number of hydrogen-bond acceptors (Lipinski definition) is 2. The third kappa shape index (κ3) is 4.66. The molecule has 0 bridgehead atoms. The van der Waals surface area contributed by atoms with E-state index < -0.39 is 15.8 Å². The lowest BCUT2D eigenvalue weighted by atomic mass is 10.0. The lowest BCUT2D eigenvalue weighted by Crippen LogP contribution is -2.13. The predicted octanol–water partition coefficient (Wildman–Crippen LogP) is 2.83. The van der Waals surface area contributed by atoms with E-state index in [2.05, 4.69) is 29.8 Å². The third-order valence-corrected chi connectivity index (χ3v) is 4.13. The minimum atomic E-state index is -3.84. The van der Waals surface area contributed by atoms with Crippen LogP contribution in [0.5, 0.6) is 0 Å². The molecule has 1 aromatic rings. The van der Waals surface area contributed by atoms with Crippen LogP contribution in [0.3, 0.4) is 0 Å². The van der Waals surface area contributed by atoms with Crippen molar-refractivity contribution in [3.05, 3.63) is 29.6 Å². The summed E-state index contributed by atoms with van der Waals surface area (Å²) in [5.41, 5.74) is 0.491. The second-order valence-corrected chi connectivity index (χ2v) is 7.59. The van der Waals surface area contributed by atoms with Crippen molar-refractivity contribution in [3.63, 3.8) is 0 Å². The van der Waals surface area contributed by atoms with E-state index in [-0.39, 0.29) is 9.72 Å². The van der Waals surface area contributed by atoms with Crippen LogP contribution in [0.2, 0.25) is 0 Å². The van der Waals surface area contributed by atoms with E-state index in [0.717, 1.165) is 12.5 Å². The fourth-order valence-corrected chi connectivity index (χ4v) is 3.33. The van der Waals surface area contributed by atoms with E-state index in [1.807, 2.05) is 0 Å². The minimum Gasteiger partial charge on any atom is -0.225 e. The van der Waals surface area contributed by atoms with Crippen LogP contribution in [-0.2, 0) is 16.4 Å². The zero-order chi connectivity index (χ0) is 13.9. The molecule has 0 aromatic heterocycles. The predicted molar refractivity (Wildman–Crippen MR) is 73.6 cm³/mol. The summed E-state index contributed by atoms with van der Waals surface area (Å²) in [6.45, 7) is 4.18. The Labute approximate surface area is 116 Å². The first-order valence-corrected chi connectivity index (χ1v) is 8.11. The molecule has 0 spiro atoms. The molecule has 0 amide bonds. The monoisotopic (exact) mass is 337 g/mol. The van der Waals surface area contributed by atoms with Crippen molar-refractivity contribution in [1.82, 2.24) is 0 Å². The molecule has 0 heterocycles. The van der Waals surface area contributed by atoms with Crippen molar-refractivity contribution in [2.75, 3.05) is 0 Å². The maximum atomic E-state index is 13.7. The summed E-state index contributed by atoms with van der Waals surface area (Å²) in [7, 11) is -3.84. The topological polar surface area (TPSA) is 60.2 Å². The number of benzene rings is 1. The molecule has 1 rings (SSSR count). The molecule has 0 fully saturated rings. The largest absolute Gasteiger partial charge is 0.238 e. The van der Waals surface area contributed by atoms with Gasteiger partial charge in [-0.25, -0.2) is 17.9 Å². The number of halogens is 2. The van der Waals surface area contributed by atoms with Gasteiger partial charge < -0.3 is 0 Å². The molecule has 0 aliphatic rings. The van der Waals surface area contributed by atoms with Crippen molar-refractivity contribution < 1.29 is 12.8 Å². The molecule has 18 heavy (non-hydrogen) atoms. The van der Waals surface area contributed by atoms with Gasteiger partial charge in [-0.3, -0.25) is 0 Å². The van der Waals surface area contributed by atoms with Crippen molar-refractivity contribution in [2.24, 2.45) is 11.1 Å². The van der Waals surface area contributed by atoms with E-state index in [9.17, 15) is 12.8 Å². The molecule has 1 aromatic carbocycles. The zero-order valence-corrected chi connectivity index (χ0v) is 12.8. The first kappa shape index (κ1) is 15.6. The van der Waals surface area contributed by atoms with E-state index in [1.165, 1.54) is 12.1 Å². The Morgan fingerprint density at radius 1 is 1.39 bits per heavy atom. The van der Waals surface area contributed by atoms with Gasteiger partial charge in [0.15, 0.2) is 0 Å². The summed E-state index contributed by atoms with van der Waals surface area (Å²) in [6, 6.07) is 3.78. The van der Waals surface area contributed by atoms with Gasteiger partial charge in [-0.1, -0.05) is 35.8 Å². The minimum absolute atomic E-state index is 0.173. The van der Waals surface area contributed by atoms with Gasteiger partial charge in [0.25, 0.3) is 0 Å². The lowest BCUT2D eigenvalue weighted by molar-refractivity contribution is 0.554. The van der Waals surface area contributed by atoms with Crippen LogP contribution in [0.25, 0.3) is 0 Å². The van der Waals surface area contributed by atoms with E-state index >= 15 is 0 Å². The fraction of sp³-hybridized carbons (Fsp3) is 0.500. The molecule has 0 saturated heterocycles. The molecule has 1 atom stereocenters. The molecular formula is C12H17BrFNO2S. The Bertz CT molecular complexity index is 517. The highest BCUT2D eigenvalue weighted by Gasteiger charge is 2.14. The Morgan fingerprint density at radius 2 is 2.00 bits per heavy atom. The summed E-state index contributed by atoms with van der Waals surface area (Å²) >= 11 is 3.50. The van der Waals surface area contributed by atoms with E-state index in [1.54, 1.807) is 0 Å². The summed E-state index contributed by atoms with van der Waals surface area (Å²) in [6.07, 6.45) is 1.45. The van der Waals surface area contributed by atoms with Crippen molar-refractivity contribution >= 4 is 26.0 Å². The van der Waals surface area contributed by atoms with Gasteiger partial charge >= 0.3 is 0 Å². The standard InChI is InChI=1S/C12H17BrFNO2S/c1-8(2)5-10(13)6-9-3-4-11(7-12(9)14)18(15,16)17/h3-4,7-8,10H,5-6H2,1-2H3,(H2,15,16,17). The Morgan fingerprint density at radius 3 is 2.44 bits per heavy atom. The van der Waals surface area contributed by atoms with Crippen LogP contribution >= 0.6 is 15.9 Å². The number of hydrogen-bond donors (Lipinski definition) is 1. The molecule has 0 aliphatic heterocycles. The third-order valence-electron chi connectivity index (χ3n) is 2.52. The zero-order valence-electron chi connectivity index (χ0n) is 10.4. The highest BCUT2D eigenvalue weighted by atomic mass is 79.9. The van der Waals surface area contributed by atoms with E-state index in [4.69, 9.17) is 5.14 Å². The van der Waals surface area contributed by atoms with Crippen LogP contribution < -0.4 is 5.14 Å². The van der Waals surface area contributed by atoms with Crippen molar-refractivity contribution in [1.29, 1.82) is 0 Å². The maximum Gasteiger partial charge on any atom is 0.238 e. The number of primary sulfonamides is 1. The van der Waals surface area contributed by atoms with Crippen LogP contribution in [0, 0.1) is 11.7 Å². The van der Waals surface area contributed by atoms with Gasteiger partial charge in [0.05, 0.1) is 4.90 Å². The number of sulfonamides is 1. The van der Waals surface area contributed by atoms with Gasteiger partial charge in [-0.15, -0.1) is 0 Å². The SMILES string of the molecule is CC(C)CC(Br)Cc1ccc(S(N)(=O)=O)cc1F. The number of alkyl halides is 1. The smallest absolute Gasteiger partial charge is 0.225 e. The number of rotatable bonds is 5. The summed E-state index contributed by atoms with van der Waals surface area (Å²) < 4.78 is 35.9. The lowest BCUT2D eigenvalue weighted by Gasteiger charge is -2.13. The first-order chi connectivity index (χ1) is 8.20. The Hall–Kier alpha value is -0.460. The highest BCUT2D eigenvalue weighted by Crippen LogP contribution is 2.21. The van der Waals surface area contributed by atoms with Gasteiger partial charge in [-0.05, 0) is 36.5 Å². The van der Waals surface area contributed by atoms with Crippen LogP contribution in [0.15, 0.2) is 23.1 Å². The maximum absolute atomic E-state index is 13.7. The molecule has 3 nitrogen and oxygen atoms in total. The molecule has 0 radical (unpaired) electrons. The molecule has 1 unspecified atom stereocenters. The average molecular weight is 338 g/mol. The molecular weight excluding hydrogens is 321 g/mol. The fourth-order valence-electron chi connectivity index (χ4n) is 1.70. The quantitative estimate of drug-likeness (QED) is 0.840. The van der Waals surface area contributed by atoms with Gasteiger partial charge in [0.1, 0.15) is 5.82 Å². The van der Waals surface area contributed by atoms with Gasteiger partial charge in [0.2, 0.25) is 10.0 Å². The first-order valence-electron chi connectivity index (χ1n) is 5.65. The highest BCUT2D eigenvalue weighted by molar-refractivity contribution is 9.09.